The van der Waals surface area contributed by atoms with Gasteiger partial charge in [-0.1, -0.05) is 25.1 Å². The molecule has 0 spiro atoms. The molecule has 0 radical (unpaired) electrons. The lowest BCUT2D eigenvalue weighted by atomic mass is 10.2. The fourth-order valence-electron chi connectivity index (χ4n) is 3.56. The number of hydrogen-bond acceptors (Lipinski definition) is 3. The largest absolute Gasteiger partial charge is 0.357 e. The monoisotopic (exact) mass is 354 g/mol. The number of likely N-dealkylation sites (N-methyl/N-ethyl adjacent to an activating group) is 1. The van der Waals surface area contributed by atoms with Crippen LogP contribution in [0.4, 0.5) is 0 Å². The number of nitrogens with zero attached hydrogens (tertiary/aromatic N) is 4. The Bertz CT molecular complexity index is 694. The van der Waals surface area contributed by atoms with Gasteiger partial charge in [-0.15, -0.1) is 0 Å². The van der Waals surface area contributed by atoms with E-state index in [9.17, 15) is 0 Å². The molecule has 2 N–H and O–H groups in total. The van der Waals surface area contributed by atoms with Gasteiger partial charge < -0.3 is 15.2 Å². The Morgan fingerprint density at radius 2 is 2.15 bits per heavy atom. The number of guanidine groups is 1. The summed E-state index contributed by atoms with van der Waals surface area (Å²) >= 11 is 0. The smallest absolute Gasteiger partial charge is 0.191 e. The average Bonchev–Trinajstić information content (AvgIpc) is 3.35. The van der Waals surface area contributed by atoms with E-state index in [-0.39, 0.29) is 0 Å². The van der Waals surface area contributed by atoms with Gasteiger partial charge in [-0.05, 0) is 44.5 Å². The molecule has 3 rings (SSSR count). The quantitative estimate of drug-likeness (QED) is 0.592. The summed E-state index contributed by atoms with van der Waals surface area (Å²) in [5.74, 6) is 0.885. The molecule has 1 aromatic heterocycles. The maximum atomic E-state index is 4.81. The molecular formula is C20H30N6. The third-order valence-electron chi connectivity index (χ3n) is 4.94. The molecule has 0 aliphatic carbocycles. The molecule has 1 aliphatic rings. The molecule has 2 aromatic rings. The van der Waals surface area contributed by atoms with Crippen LogP contribution in [-0.2, 0) is 6.54 Å². The Balaban J connectivity index is 1.66. The van der Waals surface area contributed by atoms with Crippen molar-refractivity contribution in [1.29, 1.82) is 0 Å². The van der Waals surface area contributed by atoms with Crippen molar-refractivity contribution < 1.29 is 0 Å². The van der Waals surface area contributed by atoms with E-state index in [0.29, 0.717) is 12.6 Å². The standard InChI is InChI=1S/C20H30N6/c1-3-22-20(24-15-18-9-7-12-25(18)4-2)23-14-17-8-5-6-10-19(17)26-13-11-21-16-26/h5-6,8,10-11,13,16,18H,3-4,7,9,12,14-15H2,1-2H3,(H2,22,23,24). The molecule has 26 heavy (non-hydrogen) atoms. The number of para-hydroxylation sites is 1. The van der Waals surface area contributed by atoms with Gasteiger partial charge in [0, 0.05) is 31.5 Å². The lowest BCUT2D eigenvalue weighted by Gasteiger charge is -2.24. The molecule has 0 bridgehead atoms. The van der Waals surface area contributed by atoms with E-state index < -0.39 is 0 Å². The minimum atomic E-state index is 0.613. The predicted octanol–water partition coefficient (Wildman–Crippen LogP) is 2.41. The lowest BCUT2D eigenvalue weighted by molar-refractivity contribution is 0.267. The van der Waals surface area contributed by atoms with Gasteiger partial charge in [0.15, 0.2) is 5.96 Å². The summed E-state index contributed by atoms with van der Waals surface area (Å²) in [7, 11) is 0. The van der Waals surface area contributed by atoms with Crippen molar-refractivity contribution in [2.75, 3.05) is 26.2 Å². The molecule has 6 nitrogen and oxygen atoms in total. The van der Waals surface area contributed by atoms with Crippen LogP contribution in [0, 0.1) is 0 Å². The zero-order chi connectivity index (χ0) is 18.2. The van der Waals surface area contributed by atoms with E-state index in [1.165, 1.54) is 24.9 Å². The zero-order valence-corrected chi connectivity index (χ0v) is 15.9. The molecule has 6 heteroatoms. The van der Waals surface area contributed by atoms with Gasteiger partial charge in [-0.2, -0.15) is 0 Å². The van der Waals surface area contributed by atoms with Crippen LogP contribution in [0.25, 0.3) is 5.69 Å². The Labute approximate surface area is 156 Å². The van der Waals surface area contributed by atoms with Crippen LogP contribution < -0.4 is 10.6 Å². The van der Waals surface area contributed by atoms with E-state index in [4.69, 9.17) is 4.99 Å². The van der Waals surface area contributed by atoms with Crippen molar-refractivity contribution in [3.05, 3.63) is 48.5 Å². The van der Waals surface area contributed by atoms with E-state index in [1.54, 1.807) is 6.20 Å². The molecule has 1 fully saturated rings. The lowest BCUT2D eigenvalue weighted by Crippen LogP contribution is -2.44. The number of aromatic nitrogens is 2. The number of benzene rings is 1. The second kappa shape index (κ2) is 9.38. The molecule has 0 saturated carbocycles. The van der Waals surface area contributed by atoms with E-state index >= 15 is 0 Å². The highest BCUT2D eigenvalue weighted by atomic mass is 15.2. The van der Waals surface area contributed by atoms with Crippen LogP contribution in [-0.4, -0.2) is 52.6 Å². The number of imidazole rings is 1. The number of rotatable bonds is 7. The number of nitrogens with one attached hydrogen (secondary N) is 2. The first-order valence-corrected chi connectivity index (χ1v) is 9.64. The molecule has 2 heterocycles. The topological polar surface area (TPSA) is 57.5 Å². The molecule has 1 aliphatic heterocycles. The highest BCUT2D eigenvalue weighted by Gasteiger charge is 2.22. The summed E-state index contributed by atoms with van der Waals surface area (Å²) < 4.78 is 2.03. The van der Waals surface area contributed by atoms with Crippen LogP contribution in [0.15, 0.2) is 48.0 Å². The van der Waals surface area contributed by atoms with Crippen LogP contribution in [0.3, 0.4) is 0 Å². The van der Waals surface area contributed by atoms with Crippen LogP contribution >= 0.6 is 0 Å². The van der Waals surface area contributed by atoms with Gasteiger partial charge in [0.2, 0.25) is 0 Å². The first kappa shape index (κ1) is 18.5. The number of aliphatic imine (C=N–C) groups is 1. The third-order valence-corrected chi connectivity index (χ3v) is 4.94. The molecule has 0 amide bonds. The van der Waals surface area contributed by atoms with Crippen molar-refractivity contribution in [3.63, 3.8) is 0 Å². The second-order valence-electron chi connectivity index (χ2n) is 6.60. The predicted molar refractivity (Wildman–Crippen MR) is 107 cm³/mol. The van der Waals surface area contributed by atoms with Crippen molar-refractivity contribution in [2.24, 2.45) is 4.99 Å². The van der Waals surface area contributed by atoms with E-state index in [1.807, 2.05) is 23.2 Å². The fourth-order valence-corrected chi connectivity index (χ4v) is 3.56. The van der Waals surface area contributed by atoms with Crippen molar-refractivity contribution >= 4 is 5.96 Å². The normalized spacial score (nSPS) is 18.2. The second-order valence-corrected chi connectivity index (χ2v) is 6.60. The Morgan fingerprint density at radius 1 is 1.27 bits per heavy atom. The molecule has 1 aromatic carbocycles. The maximum absolute atomic E-state index is 4.81. The SMILES string of the molecule is CCNC(=NCc1ccccc1-n1ccnc1)NCC1CCCN1CC. The highest BCUT2D eigenvalue weighted by Crippen LogP contribution is 2.16. The number of hydrogen-bond donors (Lipinski definition) is 2. The van der Waals surface area contributed by atoms with Crippen LogP contribution in [0.2, 0.25) is 0 Å². The Hall–Kier alpha value is -2.34. The van der Waals surface area contributed by atoms with Gasteiger partial charge in [0.05, 0.1) is 18.6 Å². The summed E-state index contributed by atoms with van der Waals surface area (Å²) in [5, 5.41) is 6.89. The van der Waals surface area contributed by atoms with Gasteiger partial charge in [-0.25, -0.2) is 9.98 Å². The van der Waals surface area contributed by atoms with Gasteiger partial charge in [-0.3, -0.25) is 4.90 Å². The van der Waals surface area contributed by atoms with Crippen molar-refractivity contribution in [3.8, 4) is 5.69 Å². The third kappa shape index (κ3) is 4.64. The van der Waals surface area contributed by atoms with E-state index in [0.717, 1.165) is 31.3 Å². The van der Waals surface area contributed by atoms with E-state index in [2.05, 4.69) is 52.6 Å². The minimum Gasteiger partial charge on any atom is -0.357 e. The Kier molecular flexibility index (Phi) is 6.66. The van der Waals surface area contributed by atoms with Gasteiger partial charge >= 0.3 is 0 Å². The van der Waals surface area contributed by atoms with Crippen molar-refractivity contribution in [2.45, 2.75) is 39.3 Å². The van der Waals surface area contributed by atoms with Crippen LogP contribution in [0.1, 0.15) is 32.3 Å². The number of likely N-dealkylation sites (tertiary alicyclic amines) is 1. The summed E-state index contributed by atoms with van der Waals surface area (Å²) in [5.41, 5.74) is 2.30. The highest BCUT2D eigenvalue weighted by molar-refractivity contribution is 5.79. The minimum absolute atomic E-state index is 0.613. The molecular weight excluding hydrogens is 324 g/mol. The molecule has 1 unspecified atom stereocenters. The zero-order valence-electron chi connectivity index (χ0n) is 15.9. The molecule has 1 atom stereocenters. The van der Waals surface area contributed by atoms with Crippen molar-refractivity contribution in [1.82, 2.24) is 25.1 Å². The van der Waals surface area contributed by atoms with Crippen LogP contribution in [0.5, 0.6) is 0 Å². The Morgan fingerprint density at radius 3 is 2.92 bits per heavy atom. The average molecular weight is 355 g/mol. The summed E-state index contributed by atoms with van der Waals surface area (Å²) in [4.78, 5) is 11.5. The molecule has 1 saturated heterocycles. The molecule has 140 valence electrons. The summed E-state index contributed by atoms with van der Waals surface area (Å²) in [6.07, 6.45) is 8.15. The fraction of sp³-hybridized carbons (Fsp3) is 0.500. The summed E-state index contributed by atoms with van der Waals surface area (Å²) in [6.45, 7) is 9.12. The summed E-state index contributed by atoms with van der Waals surface area (Å²) in [6, 6.07) is 8.94. The maximum Gasteiger partial charge on any atom is 0.191 e. The van der Waals surface area contributed by atoms with Gasteiger partial charge in [0.25, 0.3) is 0 Å². The van der Waals surface area contributed by atoms with Gasteiger partial charge in [0.1, 0.15) is 0 Å². The first-order valence-electron chi connectivity index (χ1n) is 9.64. The first-order chi connectivity index (χ1) is 12.8.